The van der Waals surface area contributed by atoms with Gasteiger partial charge in [-0.25, -0.2) is 0 Å². The Balaban J connectivity index is 3.04. The van der Waals surface area contributed by atoms with Crippen molar-refractivity contribution in [1.82, 2.24) is 15.0 Å². The fourth-order valence-corrected chi connectivity index (χ4v) is 1.13. The minimum atomic E-state index is -4.46. The van der Waals surface area contributed by atoms with E-state index in [0.717, 1.165) is 0 Å². The number of rotatable bonds is 5. The highest BCUT2D eigenvalue weighted by molar-refractivity contribution is 5.43. The largest absolute Gasteiger partial charge is 0.406 e. The van der Waals surface area contributed by atoms with Gasteiger partial charge in [-0.2, -0.15) is 28.1 Å². The molecule has 0 amide bonds. The smallest absolute Gasteiger partial charge is 0.376 e. The van der Waals surface area contributed by atoms with Gasteiger partial charge in [0.1, 0.15) is 13.3 Å². The van der Waals surface area contributed by atoms with E-state index in [4.69, 9.17) is 5.11 Å². The first kappa shape index (κ1) is 14.2. The molecule has 1 aromatic heterocycles. The summed E-state index contributed by atoms with van der Waals surface area (Å²) in [6.07, 6.45) is -4.46. The highest BCUT2D eigenvalue weighted by atomic mass is 19.4. The number of aromatic nitrogens is 3. The third-order valence-corrected chi connectivity index (χ3v) is 1.89. The highest BCUT2D eigenvalue weighted by Gasteiger charge is 2.32. The lowest BCUT2D eigenvalue weighted by molar-refractivity contribution is -0.121. The van der Waals surface area contributed by atoms with Gasteiger partial charge in [-0.15, -0.1) is 0 Å². The Morgan fingerprint density at radius 1 is 1.11 bits per heavy atom. The topological polar surface area (TPSA) is 86.2 Å². The molecule has 0 aliphatic heterocycles. The molecule has 102 valence electrons. The number of aliphatic hydroxyl groups is 1. The van der Waals surface area contributed by atoms with E-state index in [-0.39, 0.29) is 17.8 Å². The van der Waals surface area contributed by atoms with Crippen molar-refractivity contribution in [2.45, 2.75) is 6.18 Å². The van der Waals surface area contributed by atoms with E-state index in [1.165, 1.54) is 14.1 Å². The van der Waals surface area contributed by atoms with Gasteiger partial charge in [0.15, 0.2) is 0 Å². The lowest BCUT2D eigenvalue weighted by Gasteiger charge is -2.21. The molecule has 3 N–H and O–H groups in total. The molecule has 0 atom stereocenters. The SMILES string of the molecule is CNc1nc(NC)nc(N(CO)CC(F)(F)F)n1. The Morgan fingerprint density at radius 2 is 1.61 bits per heavy atom. The third kappa shape index (κ3) is 3.87. The van der Waals surface area contributed by atoms with Crippen molar-refractivity contribution >= 4 is 17.8 Å². The van der Waals surface area contributed by atoms with Crippen LogP contribution in [0.3, 0.4) is 0 Å². The van der Waals surface area contributed by atoms with Gasteiger partial charge in [0.25, 0.3) is 0 Å². The van der Waals surface area contributed by atoms with Gasteiger partial charge in [0.2, 0.25) is 17.8 Å². The molecule has 0 saturated carbocycles. The van der Waals surface area contributed by atoms with Gasteiger partial charge in [-0.3, -0.25) is 0 Å². The highest BCUT2D eigenvalue weighted by Crippen LogP contribution is 2.20. The van der Waals surface area contributed by atoms with Crippen LogP contribution in [0.2, 0.25) is 0 Å². The molecule has 0 unspecified atom stereocenters. The molecule has 0 saturated heterocycles. The second-order valence-electron chi connectivity index (χ2n) is 3.24. The average Bonchev–Trinajstić information content (AvgIpc) is 2.34. The number of hydrogen-bond acceptors (Lipinski definition) is 7. The predicted octanol–water partition coefficient (Wildman–Crippen LogP) is 0.273. The normalized spacial score (nSPS) is 11.2. The van der Waals surface area contributed by atoms with Crippen LogP contribution in [0.15, 0.2) is 0 Å². The van der Waals surface area contributed by atoms with Crippen LogP contribution in [0.5, 0.6) is 0 Å². The second kappa shape index (κ2) is 5.67. The molecule has 1 rings (SSSR count). The Hall–Kier alpha value is -1.84. The molecular formula is C8H13F3N6O. The maximum absolute atomic E-state index is 12.3. The van der Waals surface area contributed by atoms with E-state index in [2.05, 4.69) is 25.6 Å². The molecule has 0 aliphatic carbocycles. The average molecular weight is 266 g/mol. The van der Waals surface area contributed by atoms with E-state index >= 15 is 0 Å². The lowest BCUT2D eigenvalue weighted by atomic mass is 10.5. The van der Waals surface area contributed by atoms with Crippen LogP contribution in [-0.2, 0) is 0 Å². The summed E-state index contributed by atoms with van der Waals surface area (Å²) in [4.78, 5) is 11.9. The van der Waals surface area contributed by atoms with Crippen molar-refractivity contribution in [2.24, 2.45) is 0 Å². The van der Waals surface area contributed by atoms with Crippen LogP contribution in [0, 0.1) is 0 Å². The standard InChI is InChI=1S/C8H13F3N6O/c1-12-5-14-6(13-2)16-7(15-5)17(4-18)3-8(9,10)11/h18H,3-4H2,1-2H3,(H2,12,13,14,15,16). The first-order chi connectivity index (χ1) is 8.39. The monoisotopic (exact) mass is 266 g/mol. The zero-order valence-corrected chi connectivity index (χ0v) is 9.78. The van der Waals surface area contributed by atoms with Gasteiger partial charge in [-0.1, -0.05) is 0 Å². The van der Waals surface area contributed by atoms with E-state index in [1.807, 2.05) is 0 Å². The summed E-state index contributed by atoms with van der Waals surface area (Å²) in [7, 11) is 3.04. The van der Waals surface area contributed by atoms with Crippen molar-refractivity contribution in [3.8, 4) is 0 Å². The maximum Gasteiger partial charge on any atom is 0.406 e. The van der Waals surface area contributed by atoms with Crippen molar-refractivity contribution in [1.29, 1.82) is 0 Å². The third-order valence-electron chi connectivity index (χ3n) is 1.89. The van der Waals surface area contributed by atoms with Crippen molar-refractivity contribution < 1.29 is 18.3 Å². The van der Waals surface area contributed by atoms with Crippen molar-refractivity contribution in [2.75, 3.05) is 42.9 Å². The summed E-state index contributed by atoms with van der Waals surface area (Å²) in [5, 5.41) is 14.1. The quantitative estimate of drug-likeness (QED) is 0.659. The van der Waals surface area contributed by atoms with Gasteiger partial charge < -0.3 is 20.6 Å². The second-order valence-corrected chi connectivity index (χ2v) is 3.24. The predicted molar refractivity (Wildman–Crippen MR) is 59.4 cm³/mol. The number of alkyl halides is 3. The van der Waals surface area contributed by atoms with Gasteiger partial charge in [0.05, 0.1) is 0 Å². The minimum absolute atomic E-state index is 0.102. The Kier molecular flexibility index (Phi) is 4.48. The van der Waals surface area contributed by atoms with Crippen LogP contribution in [0.4, 0.5) is 31.0 Å². The number of anilines is 3. The summed E-state index contributed by atoms with van der Waals surface area (Å²) in [6, 6.07) is 0. The van der Waals surface area contributed by atoms with Gasteiger partial charge in [0, 0.05) is 14.1 Å². The molecule has 0 bridgehead atoms. The molecular weight excluding hydrogens is 253 g/mol. The lowest BCUT2D eigenvalue weighted by Crippen LogP contribution is -2.36. The van der Waals surface area contributed by atoms with Crippen LogP contribution < -0.4 is 15.5 Å². The first-order valence-electron chi connectivity index (χ1n) is 4.93. The molecule has 0 radical (unpaired) electrons. The Bertz CT molecular complexity index is 377. The molecule has 1 heterocycles. The van der Waals surface area contributed by atoms with E-state index < -0.39 is 19.5 Å². The molecule has 18 heavy (non-hydrogen) atoms. The number of aliphatic hydroxyl groups excluding tert-OH is 1. The number of hydrogen-bond donors (Lipinski definition) is 3. The Labute approximate surface area is 101 Å². The first-order valence-corrected chi connectivity index (χ1v) is 4.93. The number of nitrogens with one attached hydrogen (secondary N) is 2. The summed E-state index contributed by atoms with van der Waals surface area (Å²) < 4.78 is 36.9. The Morgan fingerprint density at radius 3 is 1.94 bits per heavy atom. The molecule has 0 aromatic carbocycles. The summed E-state index contributed by atoms with van der Waals surface area (Å²) in [6.45, 7) is -2.20. The zero-order chi connectivity index (χ0) is 13.8. The van der Waals surface area contributed by atoms with E-state index in [1.54, 1.807) is 0 Å². The summed E-state index contributed by atoms with van der Waals surface area (Å²) in [5.74, 6) is -0.0616. The van der Waals surface area contributed by atoms with Gasteiger partial charge in [-0.05, 0) is 0 Å². The summed E-state index contributed by atoms with van der Waals surface area (Å²) >= 11 is 0. The fraction of sp³-hybridized carbons (Fsp3) is 0.625. The zero-order valence-electron chi connectivity index (χ0n) is 9.78. The molecule has 10 heteroatoms. The van der Waals surface area contributed by atoms with Crippen LogP contribution >= 0.6 is 0 Å². The molecule has 1 aromatic rings. The van der Waals surface area contributed by atoms with Crippen molar-refractivity contribution in [3.63, 3.8) is 0 Å². The molecule has 0 spiro atoms. The van der Waals surface area contributed by atoms with Crippen LogP contribution in [0.25, 0.3) is 0 Å². The maximum atomic E-state index is 12.3. The number of nitrogens with zero attached hydrogens (tertiary/aromatic N) is 4. The van der Waals surface area contributed by atoms with Gasteiger partial charge >= 0.3 is 6.18 Å². The van der Waals surface area contributed by atoms with Crippen molar-refractivity contribution in [3.05, 3.63) is 0 Å². The fourth-order valence-electron chi connectivity index (χ4n) is 1.13. The molecule has 0 aliphatic rings. The molecule has 0 fully saturated rings. The summed E-state index contributed by atoms with van der Waals surface area (Å²) in [5.41, 5.74) is 0. The van der Waals surface area contributed by atoms with Crippen LogP contribution in [0.1, 0.15) is 0 Å². The van der Waals surface area contributed by atoms with E-state index in [9.17, 15) is 13.2 Å². The molecule has 7 nitrogen and oxygen atoms in total. The van der Waals surface area contributed by atoms with Crippen LogP contribution in [-0.4, -0.2) is 53.6 Å². The minimum Gasteiger partial charge on any atom is -0.376 e. The van der Waals surface area contributed by atoms with E-state index in [0.29, 0.717) is 4.90 Å². The number of halogens is 3.